The molecule has 10 heteroatoms. The molecule has 4 aromatic rings. The highest BCUT2D eigenvalue weighted by molar-refractivity contribution is 6.31. The molecule has 3 aromatic heterocycles. The molecule has 0 radical (unpaired) electrons. The van der Waals surface area contributed by atoms with Gasteiger partial charge in [-0.05, 0) is 63.6 Å². The largest absolute Gasteiger partial charge is 0.462 e. The van der Waals surface area contributed by atoms with Crippen molar-refractivity contribution in [2.24, 2.45) is 4.99 Å². The lowest BCUT2D eigenvalue weighted by Crippen LogP contribution is -2.33. The van der Waals surface area contributed by atoms with E-state index in [1.807, 2.05) is 13.8 Å². The Balaban J connectivity index is 2.03. The van der Waals surface area contributed by atoms with E-state index in [1.54, 1.807) is 54.1 Å². The number of rotatable bonds is 8. The number of pyridine rings is 2. The molecule has 1 aromatic carbocycles. The van der Waals surface area contributed by atoms with Crippen molar-refractivity contribution < 1.29 is 19.1 Å². The quantitative estimate of drug-likeness (QED) is 0.196. The fourth-order valence-electron chi connectivity index (χ4n) is 3.89. The van der Waals surface area contributed by atoms with Gasteiger partial charge in [-0.1, -0.05) is 23.7 Å². The highest BCUT2D eigenvalue weighted by atomic mass is 35.5. The molecule has 0 aliphatic heterocycles. The van der Waals surface area contributed by atoms with Gasteiger partial charge in [-0.2, -0.15) is 4.99 Å². The second kappa shape index (κ2) is 11.5. The molecule has 0 atom stereocenters. The van der Waals surface area contributed by atoms with Crippen LogP contribution in [0.3, 0.4) is 0 Å². The molecule has 9 nitrogen and oxygen atoms in total. The average Bonchev–Trinajstić information content (AvgIpc) is 2.87. The SMILES string of the molecule is CCOC(=O)c1cc2c(=O)n3ccccc3nc2n(CCCOC(C)C)c1=NC(=O)c1cccc(Cl)c1. The number of carbonyl (C=O) groups is 2. The standard InChI is InChI=1S/C27H27ClN4O5/c1-4-36-27(35)21-16-20-23(29-22-11-5-6-12-31(22)26(20)34)32(13-8-14-37-17(2)3)24(21)30-25(33)18-9-7-10-19(28)15-18/h5-7,9-12,15-17H,4,8,13-14H2,1-3H3. The van der Waals surface area contributed by atoms with E-state index in [-0.39, 0.29) is 46.8 Å². The first kappa shape index (κ1) is 26.2. The lowest BCUT2D eigenvalue weighted by molar-refractivity contribution is 0.0523. The third-order valence-electron chi connectivity index (χ3n) is 5.54. The van der Waals surface area contributed by atoms with Gasteiger partial charge in [0.05, 0.1) is 18.1 Å². The van der Waals surface area contributed by atoms with Crippen LogP contribution < -0.4 is 11.0 Å². The average molecular weight is 523 g/mol. The van der Waals surface area contributed by atoms with E-state index < -0.39 is 11.9 Å². The van der Waals surface area contributed by atoms with Crippen LogP contribution in [-0.4, -0.2) is 45.1 Å². The summed E-state index contributed by atoms with van der Waals surface area (Å²) in [7, 11) is 0. The van der Waals surface area contributed by atoms with Crippen LogP contribution in [0.4, 0.5) is 0 Å². The van der Waals surface area contributed by atoms with Crippen LogP contribution >= 0.6 is 11.6 Å². The van der Waals surface area contributed by atoms with Crippen LogP contribution in [0.15, 0.2) is 64.5 Å². The lowest BCUT2D eigenvalue weighted by atomic mass is 10.2. The van der Waals surface area contributed by atoms with Crippen LogP contribution in [0, 0.1) is 0 Å². The topological polar surface area (TPSA) is 104 Å². The van der Waals surface area contributed by atoms with E-state index >= 15 is 0 Å². The van der Waals surface area contributed by atoms with Crippen LogP contribution in [-0.2, 0) is 16.0 Å². The molecule has 0 unspecified atom stereocenters. The molecule has 0 bridgehead atoms. The predicted octanol–water partition coefficient (Wildman–Crippen LogP) is 4.04. The monoisotopic (exact) mass is 522 g/mol. The zero-order valence-corrected chi connectivity index (χ0v) is 21.6. The molecule has 0 N–H and O–H groups in total. The third-order valence-corrected chi connectivity index (χ3v) is 5.78. The lowest BCUT2D eigenvalue weighted by Gasteiger charge is -2.15. The van der Waals surface area contributed by atoms with E-state index in [0.717, 1.165) is 0 Å². The summed E-state index contributed by atoms with van der Waals surface area (Å²) in [4.78, 5) is 48.7. The van der Waals surface area contributed by atoms with Crippen molar-refractivity contribution in [2.45, 2.75) is 39.8 Å². The number of carbonyl (C=O) groups excluding carboxylic acids is 2. The Morgan fingerprint density at radius 3 is 2.68 bits per heavy atom. The van der Waals surface area contributed by atoms with Gasteiger partial charge in [0, 0.05) is 29.9 Å². The number of hydrogen-bond donors (Lipinski definition) is 0. The van der Waals surface area contributed by atoms with Gasteiger partial charge in [-0.25, -0.2) is 9.78 Å². The van der Waals surface area contributed by atoms with Crippen LogP contribution in [0.5, 0.6) is 0 Å². The van der Waals surface area contributed by atoms with Gasteiger partial charge in [0.1, 0.15) is 16.9 Å². The molecule has 3 heterocycles. The van der Waals surface area contributed by atoms with E-state index in [1.165, 1.54) is 16.5 Å². The summed E-state index contributed by atoms with van der Waals surface area (Å²) in [5.41, 5.74) is 0.654. The minimum atomic E-state index is -0.702. The molecule has 0 fully saturated rings. The molecule has 0 saturated carbocycles. The van der Waals surface area contributed by atoms with Crippen molar-refractivity contribution in [3.8, 4) is 0 Å². The van der Waals surface area contributed by atoms with Gasteiger partial charge in [-0.3, -0.25) is 14.0 Å². The van der Waals surface area contributed by atoms with Gasteiger partial charge in [-0.15, -0.1) is 0 Å². The second-order valence-electron chi connectivity index (χ2n) is 8.54. The maximum Gasteiger partial charge on any atom is 0.341 e. The third kappa shape index (κ3) is 5.79. The number of aryl methyl sites for hydroxylation is 1. The number of benzene rings is 1. The Hall–Kier alpha value is -3.82. The van der Waals surface area contributed by atoms with E-state index in [4.69, 9.17) is 26.1 Å². The number of ether oxygens (including phenoxy) is 2. The summed E-state index contributed by atoms with van der Waals surface area (Å²) in [6.07, 6.45) is 2.16. The summed E-state index contributed by atoms with van der Waals surface area (Å²) in [5, 5.41) is 0.579. The van der Waals surface area contributed by atoms with Gasteiger partial charge >= 0.3 is 5.97 Å². The summed E-state index contributed by atoms with van der Waals surface area (Å²) >= 11 is 6.07. The van der Waals surface area contributed by atoms with Crippen molar-refractivity contribution in [3.05, 3.63) is 86.7 Å². The minimum absolute atomic E-state index is 0.00992. The van der Waals surface area contributed by atoms with Crippen LogP contribution in [0.2, 0.25) is 5.02 Å². The van der Waals surface area contributed by atoms with E-state index in [0.29, 0.717) is 29.3 Å². The van der Waals surface area contributed by atoms with Gasteiger partial charge in [0.15, 0.2) is 5.49 Å². The molecule has 1 amide bonds. The summed E-state index contributed by atoms with van der Waals surface area (Å²) in [5.74, 6) is -1.30. The normalized spacial score (nSPS) is 12.0. The van der Waals surface area contributed by atoms with Gasteiger partial charge in [0.2, 0.25) is 0 Å². The first-order chi connectivity index (χ1) is 17.8. The fourth-order valence-corrected chi connectivity index (χ4v) is 4.08. The van der Waals surface area contributed by atoms with Crippen LogP contribution in [0.1, 0.15) is 47.9 Å². The smallest absolute Gasteiger partial charge is 0.341 e. The molecule has 4 rings (SSSR count). The number of hydrogen-bond acceptors (Lipinski definition) is 6. The Bertz CT molecular complexity index is 1610. The van der Waals surface area contributed by atoms with Crippen molar-refractivity contribution >= 4 is 40.2 Å². The molecule has 0 saturated heterocycles. The minimum Gasteiger partial charge on any atom is -0.462 e. The number of esters is 1. The maximum absolute atomic E-state index is 13.4. The Morgan fingerprint density at radius 1 is 1.14 bits per heavy atom. The highest BCUT2D eigenvalue weighted by Gasteiger charge is 2.20. The number of aromatic nitrogens is 3. The van der Waals surface area contributed by atoms with Crippen molar-refractivity contribution in [1.82, 2.24) is 14.0 Å². The fraction of sp³-hybridized carbons (Fsp3) is 0.296. The first-order valence-corrected chi connectivity index (χ1v) is 12.4. The maximum atomic E-state index is 13.4. The second-order valence-corrected chi connectivity index (χ2v) is 8.97. The highest BCUT2D eigenvalue weighted by Crippen LogP contribution is 2.14. The predicted molar refractivity (Wildman–Crippen MR) is 140 cm³/mol. The van der Waals surface area contributed by atoms with Crippen LogP contribution in [0.25, 0.3) is 16.7 Å². The van der Waals surface area contributed by atoms with Crippen molar-refractivity contribution in [3.63, 3.8) is 0 Å². The zero-order valence-electron chi connectivity index (χ0n) is 20.8. The number of fused-ring (bicyclic) bond motifs is 2. The number of halogens is 1. The molecule has 37 heavy (non-hydrogen) atoms. The molecule has 0 spiro atoms. The molecule has 192 valence electrons. The van der Waals surface area contributed by atoms with Gasteiger partial charge in [0.25, 0.3) is 11.5 Å². The van der Waals surface area contributed by atoms with Crippen molar-refractivity contribution in [2.75, 3.05) is 13.2 Å². The molecular formula is C27H27ClN4O5. The first-order valence-electron chi connectivity index (χ1n) is 12.0. The van der Waals surface area contributed by atoms with E-state index in [9.17, 15) is 14.4 Å². The van der Waals surface area contributed by atoms with Crippen molar-refractivity contribution in [1.29, 1.82) is 0 Å². The molecule has 0 aliphatic carbocycles. The Labute approximate surface area is 218 Å². The Kier molecular flexibility index (Phi) is 8.15. The van der Waals surface area contributed by atoms with Gasteiger partial charge < -0.3 is 14.0 Å². The summed E-state index contributed by atoms with van der Waals surface area (Å²) in [6, 6.07) is 13.0. The van der Waals surface area contributed by atoms with E-state index in [2.05, 4.69) is 4.99 Å². The number of amides is 1. The molecule has 0 aliphatic rings. The zero-order chi connectivity index (χ0) is 26.5. The molecular weight excluding hydrogens is 496 g/mol. The Morgan fingerprint density at radius 2 is 1.95 bits per heavy atom. The number of nitrogens with zero attached hydrogens (tertiary/aromatic N) is 4. The summed E-state index contributed by atoms with van der Waals surface area (Å²) < 4.78 is 14.0. The summed E-state index contributed by atoms with van der Waals surface area (Å²) in [6.45, 7) is 6.35.